The van der Waals surface area contributed by atoms with Gasteiger partial charge in [0, 0.05) is 24.0 Å². The van der Waals surface area contributed by atoms with E-state index in [-0.39, 0.29) is 12.5 Å². The third-order valence-electron chi connectivity index (χ3n) is 3.67. The van der Waals surface area contributed by atoms with Gasteiger partial charge in [-0.3, -0.25) is 4.79 Å². The van der Waals surface area contributed by atoms with Crippen LogP contribution in [0.25, 0.3) is 0 Å². The Morgan fingerprint density at radius 2 is 2.20 bits per heavy atom. The maximum Gasteiger partial charge on any atom is 0.254 e. The Kier molecular flexibility index (Phi) is 5.39. The van der Waals surface area contributed by atoms with Crippen molar-refractivity contribution in [2.45, 2.75) is 26.6 Å². The normalized spacial score (nSPS) is 10.6. The van der Waals surface area contributed by atoms with Crippen LogP contribution in [0, 0.1) is 0 Å². The molecule has 3 rings (SSSR count). The van der Waals surface area contributed by atoms with E-state index in [1.165, 1.54) is 0 Å². The predicted octanol–water partition coefficient (Wildman–Crippen LogP) is 2.61. The van der Waals surface area contributed by atoms with E-state index in [9.17, 15) is 4.79 Å². The summed E-state index contributed by atoms with van der Waals surface area (Å²) in [5, 5.41) is 13.4. The van der Waals surface area contributed by atoms with Gasteiger partial charge in [0.2, 0.25) is 0 Å². The first-order chi connectivity index (χ1) is 12.2. The molecular formula is C17H19N5O2S. The molecule has 2 heterocycles. The maximum absolute atomic E-state index is 12.6. The number of hydrogen-bond acceptors (Lipinski definition) is 6. The SMILES string of the molecule is CCn1nnnc1COc1cccc(C(=O)N(C)Cc2cccs2)c1. The lowest BCUT2D eigenvalue weighted by Gasteiger charge is -2.16. The summed E-state index contributed by atoms with van der Waals surface area (Å²) in [6, 6.07) is 11.2. The average Bonchev–Trinajstić information content (AvgIpc) is 3.30. The smallest absolute Gasteiger partial charge is 0.254 e. The summed E-state index contributed by atoms with van der Waals surface area (Å²) in [5.41, 5.74) is 0.589. The average molecular weight is 357 g/mol. The minimum absolute atomic E-state index is 0.0442. The van der Waals surface area contributed by atoms with Crippen molar-refractivity contribution >= 4 is 17.2 Å². The minimum Gasteiger partial charge on any atom is -0.486 e. The lowest BCUT2D eigenvalue weighted by molar-refractivity contribution is 0.0786. The van der Waals surface area contributed by atoms with Crippen LogP contribution in [0.2, 0.25) is 0 Å². The molecule has 1 aromatic carbocycles. The van der Waals surface area contributed by atoms with Gasteiger partial charge in [-0.2, -0.15) is 0 Å². The van der Waals surface area contributed by atoms with Crippen molar-refractivity contribution in [2.75, 3.05) is 7.05 Å². The number of thiophene rings is 1. The van der Waals surface area contributed by atoms with Crippen LogP contribution in [0.1, 0.15) is 28.0 Å². The van der Waals surface area contributed by atoms with Crippen molar-refractivity contribution in [2.24, 2.45) is 0 Å². The first-order valence-corrected chi connectivity index (χ1v) is 8.81. The van der Waals surface area contributed by atoms with E-state index in [0.29, 0.717) is 30.2 Å². The molecule has 8 heteroatoms. The molecule has 7 nitrogen and oxygen atoms in total. The van der Waals surface area contributed by atoms with Crippen LogP contribution in [0.15, 0.2) is 41.8 Å². The van der Waals surface area contributed by atoms with Crippen LogP contribution in [-0.4, -0.2) is 38.1 Å². The Morgan fingerprint density at radius 1 is 1.32 bits per heavy atom. The van der Waals surface area contributed by atoms with Crippen molar-refractivity contribution in [1.29, 1.82) is 0 Å². The molecule has 0 saturated heterocycles. The van der Waals surface area contributed by atoms with Gasteiger partial charge in [0.1, 0.15) is 12.4 Å². The van der Waals surface area contributed by atoms with Crippen LogP contribution in [0.3, 0.4) is 0 Å². The third-order valence-corrected chi connectivity index (χ3v) is 4.54. The van der Waals surface area contributed by atoms with Gasteiger partial charge < -0.3 is 9.64 Å². The highest BCUT2D eigenvalue weighted by Gasteiger charge is 2.14. The standard InChI is InChI=1S/C17H19N5O2S/c1-3-22-16(18-19-20-22)12-24-14-7-4-6-13(10-14)17(23)21(2)11-15-8-5-9-25-15/h4-10H,3,11-12H2,1-2H3. The zero-order valence-electron chi connectivity index (χ0n) is 14.1. The van der Waals surface area contributed by atoms with E-state index >= 15 is 0 Å². The van der Waals surface area contributed by atoms with E-state index in [2.05, 4.69) is 15.5 Å². The second kappa shape index (κ2) is 7.89. The molecule has 2 aromatic heterocycles. The molecule has 3 aromatic rings. The van der Waals surface area contributed by atoms with Crippen molar-refractivity contribution in [3.8, 4) is 5.75 Å². The first kappa shape index (κ1) is 17.1. The zero-order valence-corrected chi connectivity index (χ0v) is 14.9. The van der Waals surface area contributed by atoms with Crippen LogP contribution in [-0.2, 0) is 19.7 Å². The summed E-state index contributed by atoms with van der Waals surface area (Å²) in [5.74, 6) is 1.22. The highest BCUT2D eigenvalue weighted by Crippen LogP contribution is 2.18. The van der Waals surface area contributed by atoms with Crippen molar-refractivity contribution in [1.82, 2.24) is 25.1 Å². The highest BCUT2D eigenvalue weighted by atomic mass is 32.1. The minimum atomic E-state index is -0.0442. The number of ether oxygens (including phenoxy) is 1. The van der Waals surface area contributed by atoms with Crippen molar-refractivity contribution in [3.05, 3.63) is 58.0 Å². The number of tetrazole rings is 1. The van der Waals surface area contributed by atoms with E-state index in [4.69, 9.17) is 4.74 Å². The van der Waals surface area contributed by atoms with Gasteiger partial charge in [-0.1, -0.05) is 12.1 Å². The topological polar surface area (TPSA) is 73.1 Å². The van der Waals surface area contributed by atoms with E-state index in [1.54, 1.807) is 40.1 Å². The number of aromatic nitrogens is 4. The Hall–Kier alpha value is -2.74. The second-order valence-electron chi connectivity index (χ2n) is 5.47. The zero-order chi connectivity index (χ0) is 17.6. The van der Waals surface area contributed by atoms with Crippen LogP contribution in [0.5, 0.6) is 5.75 Å². The Morgan fingerprint density at radius 3 is 2.96 bits per heavy atom. The molecule has 130 valence electrons. The van der Waals surface area contributed by atoms with Gasteiger partial charge in [-0.15, -0.1) is 16.4 Å². The summed E-state index contributed by atoms with van der Waals surface area (Å²) in [6.45, 7) is 3.48. The lowest BCUT2D eigenvalue weighted by Crippen LogP contribution is -2.25. The Labute approximate surface area is 149 Å². The molecule has 0 aliphatic heterocycles. The van der Waals surface area contributed by atoms with E-state index in [1.807, 2.05) is 36.6 Å². The second-order valence-corrected chi connectivity index (χ2v) is 6.50. The van der Waals surface area contributed by atoms with Gasteiger partial charge in [-0.25, -0.2) is 4.68 Å². The van der Waals surface area contributed by atoms with E-state index < -0.39 is 0 Å². The summed E-state index contributed by atoms with van der Waals surface area (Å²) < 4.78 is 7.41. The number of rotatable bonds is 7. The summed E-state index contributed by atoms with van der Waals surface area (Å²) in [4.78, 5) is 15.4. The quantitative estimate of drug-likeness (QED) is 0.650. The highest BCUT2D eigenvalue weighted by molar-refractivity contribution is 7.09. The van der Waals surface area contributed by atoms with Gasteiger partial charge >= 0.3 is 0 Å². The molecule has 25 heavy (non-hydrogen) atoms. The van der Waals surface area contributed by atoms with Gasteiger partial charge in [-0.05, 0) is 47.0 Å². The summed E-state index contributed by atoms with van der Waals surface area (Å²) in [6.07, 6.45) is 0. The molecule has 0 saturated carbocycles. The Balaban J connectivity index is 1.65. The molecule has 0 atom stereocenters. The van der Waals surface area contributed by atoms with Crippen molar-refractivity contribution < 1.29 is 9.53 Å². The summed E-state index contributed by atoms with van der Waals surface area (Å²) in [7, 11) is 1.80. The first-order valence-electron chi connectivity index (χ1n) is 7.93. The van der Waals surface area contributed by atoms with Crippen LogP contribution < -0.4 is 4.74 Å². The fourth-order valence-corrected chi connectivity index (χ4v) is 3.12. The summed E-state index contributed by atoms with van der Waals surface area (Å²) >= 11 is 1.64. The number of aryl methyl sites for hydroxylation is 1. The lowest BCUT2D eigenvalue weighted by atomic mass is 10.2. The van der Waals surface area contributed by atoms with Gasteiger partial charge in [0.25, 0.3) is 5.91 Å². The number of carbonyl (C=O) groups is 1. The molecule has 0 unspecified atom stereocenters. The van der Waals surface area contributed by atoms with Gasteiger partial charge in [0.15, 0.2) is 5.82 Å². The van der Waals surface area contributed by atoms with Crippen LogP contribution >= 0.6 is 11.3 Å². The van der Waals surface area contributed by atoms with Crippen LogP contribution in [0.4, 0.5) is 0 Å². The number of carbonyl (C=O) groups excluding carboxylic acids is 1. The number of hydrogen-bond donors (Lipinski definition) is 0. The molecule has 0 radical (unpaired) electrons. The number of nitrogens with zero attached hydrogens (tertiary/aromatic N) is 5. The molecule has 0 aliphatic rings. The molecule has 0 fully saturated rings. The fourth-order valence-electron chi connectivity index (χ4n) is 2.37. The molecule has 0 aliphatic carbocycles. The molecule has 0 N–H and O–H groups in total. The maximum atomic E-state index is 12.6. The molecular weight excluding hydrogens is 338 g/mol. The third kappa shape index (κ3) is 4.21. The van der Waals surface area contributed by atoms with E-state index in [0.717, 1.165) is 4.88 Å². The number of amides is 1. The number of benzene rings is 1. The fraction of sp³-hybridized carbons (Fsp3) is 0.294. The largest absolute Gasteiger partial charge is 0.486 e. The monoisotopic (exact) mass is 357 g/mol. The molecule has 1 amide bonds. The Bertz CT molecular complexity index is 831. The van der Waals surface area contributed by atoms with Crippen molar-refractivity contribution in [3.63, 3.8) is 0 Å². The van der Waals surface area contributed by atoms with Gasteiger partial charge in [0.05, 0.1) is 6.54 Å². The molecule has 0 spiro atoms. The predicted molar refractivity (Wildman–Crippen MR) is 94.4 cm³/mol. The molecule has 0 bridgehead atoms.